The van der Waals surface area contributed by atoms with Crippen LogP contribution in [-0.4, -0.2) is 27.5 Å². The minimum absolute atomic E-state index is 0.326. The van der Waals surface area contributed by atoms with Gasteiger partial charge in [-0.3, -0.25) is 9.59 Å². The smallest absolute Gasteiger partial charge is 0.266 e. The molecule has 2 amide bonds. The molecule has 6 heteroatoms. The lowest BCUT2D eigenvalue weighted by Crippen LogP contribution is -2.29. The van der Waals surface area contributed by atoms with Crippen molar-refractivity contribution >= 4 is 29.3 Å². The van der Waals surface area contributed by atoms with E-state index >= 15 is 0 Å². The lowest BCUT2D eigenvalue weighted by molar-refractivity contribution is 0.0926. The van der Waals surface area contributed by atoms with Crippen molar-refractivity contribution in [3.05, 3.63) is 47.8 Å². The Morgan fingerprint density at radius 1 is 1.05 bits per heavy atom. The fraction of sp³-hybridized carbons (Fsp3) is 0.200. The first-order valence-corrected chi connectivity index (χ1v) is 7.63. The monoisotopic (exact) mass is 299 g/mol. The van der Waals surface area contributed by atoms with E-state index in [1.165, 1.54) is 12.4 Å². The normalized spacial score (nSPS) is 13.7. The number of amides is 2. The first-order chi connectivity index (χ1) is 10.2. The van der Waals surface area contributed by atoms with Gasteiger partial charge in [0.25, 0.3) is 11.8 Å². The fourth-order valence-corrected chi connectivity index (χ4v) is 2.76. The number of aromatic nitrogens is 2. The molecular weight excluding hydrogens is 286 g/mol. The van der Waals surface area contributed by atoms with Crippen LogP contribution < -0.4 is 4.90 Å². The quantitative estimate of drug-likeness (QED) is 0.493. The van der Waals surface area contributed by atoms with Gasteiger partial charge in [-0.15, -0.1) is 0 Å². The molecule has 21 heavy (non-hydrogen) atoms. The van der Waals surface area contributed by atoms with Crippen LogP contribution in [0, 0.1) is 0 Å². The van der Waals surface area contributed by atoms with E-state index in [-0.39, 0.29) is 11.8 Å². The minimum atomic E-state index is -0.326. The Morgan fingerprint density at radius 3 is 2.14 bits per heavy atom. The van der Waals surface area contributed by atoms with E-state index in [1.54, 1.807) is 36.0 Å². The van der Waals surface area contributed by atoms with Gasteiger partial charge in [0.2, 0.25) is 0 Å². The van der Waals surface area contributed by atoms with E-state index in [0.717, 1.165) is 17.1 Å². The minimum Gasteiger partial charge on any atom is -0.268 e. The zero-order chi connectivity index (χ0) is 14.8. The first kappa shape index (κ1) is 13.8. The zero-order valence-corrected chi connectivity index (χ0v) is 12.3. The van der Waals surface area contributed by atoms with Crippen molar-refractivity contribution in [2.24, 2.45) is 0 Å². The van der Waals surface area contributed by atoms with Crippen molar-refractivity contribution < 1.29 is 9.59 Å². The number of benzene rings is 1. The number of hydrogen-bond acceptors (Lipinski definition) is 5. The van der Waals surface area contributed by atoms with Gasteiger partial charge < -0.3 is 0 Å². The van der Waals surface area contributed by atoms with Crippen molar-refractivity contribution in [3.63, 3.8) is 0 Å². The molecule has 0 saturated heterocycles. The molecule has 1 aromatic heterocycles. The molecule has 2 heterocycles. The summed E-state index contributed by atoms with van der Waals surface area (Å²) in [6.07, 6.45) is 4.08. The molecule has 3 rings (SSSR count). The Bertz CT molecular complexity index is 665. The van der Waals surface area contributed by atoms with E-state index in [4.69, 9.17) is 0 Å². The third-order valence-corrected chi connectivity index (χ3v) is 4.18. The summed E-state index contributed by atoms with van der Waals surface area (Å²) in [5.74, 6) is 0.285. The van der Waals surface area contributed by atoms with Crippen LogP contribution >= 0.6 is 11.8 Å². The summed E-state index contributed by atoms with van der Waals surface area (Å²) in [6, 6.07) is 6.80. The Hall–Kier alpha value is -2.21. The summed E-state index contributed by atoms with van der Waals surface area (Å²) < 4.78 is 0. The molecule has 0 saturated carbocycles. The average molecular weight is 299 g/mol. The van der Waals surface area contributed by atoms with Crippen LogP contribution in [0.2, 0.25) is 0 Å². The van der Waals surface area contributed by atoms with Crippen LogP contribution in [0.15, 0.2) is 41.8 Å². The van der Waals surface area contributed by atoms with Crippen LogP contribution in [0.1, 0.15) is 34.1 Å². The highest BCUT2D eigenvalue weighted by Gasteiger charge is 2.36. The maximum Gasteiger partial charge on any atom is 0.266 e. The van der Waals surface area contributed by atoms with Gasteiger partial charge >= 0.3 is 0 Å². The summed E-state index contributed by atoms with van der Waals surface area (Å²) in [5.41, 5.74) is 1.25. The molecular formula is C15H13N3O2S. The second-order valence-electron chi connectivity index (χ2n) is 4.56. The fourth-order valence-electron chi connectivity index (χ4n) is 2.12. The lowest BCUT2D eigenvalue weighted by atomic mass is 10.1. The number of anilines is 1. The maximum absolute atomic E-state index is 12.3. The lowest BCUT2D eigenvalue weighted by Gasteiger charge is -2.12. The van der Waals surface area contributed by atoms with E-state index < -0.39 is 0 Å². The van der Waals surface area contributed by atoms with Crippen LogP contribution in [0.3, 0.4) is 0 Å². The summed E-state index contributed by atoms with van der Waals surface area (Å²) in [4.78, 5) is 34.1. The number of carbonyl (C=O) groups excluding carboxylic acids is 2. The molecule has 0 bridgehead atoms. The van der Waals surface area contributed by atoms with Gasteiger partial charge in [-0.2, -0.15) is 0 Å². The van der Waals surface area contributed by atoms with Crippen LogP contribution in [-0.2, 0) is 0 Å². The van der Waals surface area contributed by atoms with Gasteiger partial charge in [-0.05, 0) is 18.6 Å². The highest BCUT2D eigenvalue weighted by molar-refractivity contribution is 7.99. The molecule has 0 N–H and O–H groups in total. The number of fused-ring (bicyclic) bond motifs is 1. The second-order valence-corrected chi connectivity index (χ2v) is 5.63. The predicted octanol–water partition coefficient (Wildman–Crippen LogP) is 2.78. The molecule has 0 unspecified atom stereocenters. The molecule has 5 nitrogen and oxygen atoms in total. The molecule has 1 aliphatic heterocycles. The van der Waals surface area contributed by atoms with E-state index in [9.17, 15) is 9.59 Å². The largest absolute Gasteiger partial charge is 0.268 e. The maximum atomic E-state index is 12.3. The topological polar surface area (TPSA) is 63.2 Å². The molecule has 2 aromatic rings. The van der Waals surface area contributed by atoms with E-state index in [1.807, 2.05) is 0 Å². The molecule has 1 aromatic carbocycles. The van der Waals surface area contributed by atoms with Crippen molar-refractivity contribution in [2.45, 2.75) is 18.5 Å². The summed E-state index contributed by atoms with van der Waals surface area (Å²) >= 11 is 1.55. The van der Waals surface area contributed by atoms with Crippen LogP contribution in [0.4, 0.5) is 5.69 Å². The van der Waals surface area contributed by atoms with Gasteiger partial charge in [-0.25, -0.2) is 14.9 Å². The Balaban J connectivity index is 1.88. The molecule has 0 fully saturated rings. The van der Waals surface area contributed by atoms with Crippen molar-refractivity contribution in [2.75, 3.05) is 10.7 Å². The number of imide groups is 1. The average Bonchev–Trinajstić information content (AvgIpc) is 2.78. The standard InChI is InChI=1S/C15H13N3O2S/c1-2-7-21-15-16-8-10(9-17-15)18-13(19)11-5-3-4-6-12(11)14(18)20/h3-6,8-9H,2,7H2,1H3. The molecule has 0 atom stereocenters. The van der Waals surface area contributed by atoms with Gasteiger partial charge in [0, 0.05) is 5.75 Å². The third kappa shape index (κ3) is 2.42. The van der Waals surface area contributed by atoms with E-state index in [2.05, 4.69) is 16.9 Å². The zero-order valence-electron chi connectivity index (χ0n) is 11.4. The van der Waals surface area contributed by atoms with Gasteiger partial charge in [0.1, 0.15) is 0 Å². The van der Waals surface area contributed by atoms with Gasteiger partial charge in [0.15, 0.2) is 5.16 Å². The molecule has 106 valence electrons. The van der Waals surface area contributed by atoms with Gasteiger partial charge in [-0.1, -0.05) is 30.8 Å². The Labute approximate surface area is 126 Å². The van der Waals surface area contributed by atoms with Gasteiger partial charge in [0.05, 0.1) is 29.2 Å². The van der Waals surface area contributed by atoms with Crippen molar-refractivity contribution in [1.29, 1.82) is 0 Å². The second kappa shape index (κ2) is 5.65. The van der Waals surface area contributed by atoms with E-state index in [0.29, 0.717) is 22.0 Å². The third-order valence-electron chi connectivity index (χ3n) is 3.10. The summed E-state index contributed by atoms with van der Waals surface area (Å²) in [7, 11) is 0. The summed E-state index contributed by atoms with van der Waals surface area (Å²) in [6.45, 7) is 2.08. The number of hydrogen-bond donors (Lipinski definition) is 0. The Kier molecular flexibility index (Phi) is 3.70. The SMILES string of the molecule is CCCSc1ncc(N2C(=O)c3ccccc3C2=O)cn1. The molecule has 0 aliphatic carbocycles. The number of nitrogens with zero attached hydrogens (tertiary/aromatic N) is 3. The molecule has 0 radical (unpaired) electrons. The molecule has 0 spiro atoms. The summed E-state index contributed by atoms with van der Waals surface area (Å²) in [5, 5.41) is 0.650. The first-order valence-electron chi connectivity index (χ1n) is 6.65. The van der Waals surface area contributed by atoms with Crippen LogP contribution in [0.25, 0.3) is 0 Å². The van der Waals surface area contributed by atoms with Crippen LogP contribution in [0.5, 0.6) is 0 Å². The van der Waals surface area contributed by atoms with Crippen molar-refractivity contribution in [1.82, 2.24) is 9.97 Å². The predicted molar refractivity (Wildman–Crippen MR) is 80.6 cm³/mol. The highest BCUT2D eigenvalue weighted by atomic mass is 32.2. The number of rotatable bonds is 4. The number of thioether (sulfide) groups is 1. The Morgan fingerprint density at radius 2 is 1.62 bits per heavy atom. The number of carbonyl (C=O) groups is 2. The molecule has 1 aliphatic rings. The van der Waals surface area contributed by atoms with Crippen molar-refractivity contribution in [3.8, 4) is 0 Å². The highest BCUT2D eigenvalue weighted by Crippen LogP contribution is 2.27.